The predicted octanol–water partition coefficient (Wildman–Crippen LogP) is 4.92. The summed E-state index contributed by atoms with van der Waals surface area (Å²) in [4.78, 5) is 3.94. The molecule has 1 saturated heterocycles. The van der Waals surface area contributed by atoms with Crippen LogP contribution in [0.25, 0.3) is 0 Å². The van der Waals surface area contributed by atoms with E-state index in [1.807, 2.05) is 6.92 Å². The number of rotatable bonds is 0. The number of epoxide rings is 1. The van der Waals surface area contributed by atoms with E-state index in [-0.39, 0.29) is 14.9 Å². The summed E-state index contributed by atoms with van der Waals surface area (Å²) in [7, 11) is 0. The van der Waals surface area contributed by atoms with Crippen LogP contribution in [0.3, 0.4) is 0 Å². The van der Waals surface area contributed by atoms with Gasteiger partial charge in [-0.15, -0.1) is 6.58 Å². The first-order chi connectivity index (χ1) is 7.87. The van der Waals surface area contributed by atoms with Crippen LogP contribution >= 0.6 is 0 Å². The van der Waals surface area contributed by atoms with E-state index in [1.54, 1.807) is 47.6 Å². The Morgan fingerprint density at radius 2 is 1.25 bits per heavy atom. The normalized spacial score (nSPS) is 15.2. The predicted molar refractivity (Wildman–Crippen MR) is 90.2 cm³/mol. The van der Waals surface area contributed by atoms with Gasteiger partial charge in [-0.1, -0.05) is 20.9 Å². The first kappa shape index (κ1) is 31.8. The topological polar surface area (TPSA) is 62.2 Å². The van der Waals surface area contributed by atoms with Gasteiger partial charge in [-0.25, -0.2) is 4.89 Å². The van der Waals surface area contributed by atoms with Gasteiger partial charge in [-0.3, -0.25) is 5.26 Å². The maximum Gasteiger partial charge on any atom is 0.0949 e. The lowest BCUT2D eigenvalue weighted by Crippen LogP contribution is -2.15. The Morgan fingerprint density at radius 3 is 1.25 bits per heavy atom. The Labute approximate surface area is 127 Å². The SMILES string of the molecule is C.C.C=CC.CC(C)(C)O.CC(C)(C)OO.CC1CO1. The Balaban J connectivity index is -0.0000000496. The third-order valence-corrected chi connectivity index (χ3v) is 0.774. The molecule has 1 aliphatic heterocycles. The van der Waals surface area contributed by atoms with E-state index in [9.17, 15) is 0 Å². The largest absolute Gasteiger partial charge is 0.391 e. The minimum absolute atomic E-state index is 0. The molecule has 1 fully saturated rings. The van der Waals surface area contributed by atoms with E-state index in [2.05, 4.69) is 18.4 Å². The Kier molecular flexibility index (Phi) is 26.4. The van der Waals surface area contributed by atoms with Gasteiger partial charge in [0.2, 0.25) is 0 Å². The van der Waals surface area contributed by atoms with Gasteiger partial charge >= 0.3 is 0 Å². The zero-order valence-corrected chi connectivity index (χ0v) is 13.3. The molecule has 0 saturated carbocycles. The van der Waals surface area contributed by atoms with E-state index in [0.29, 0.717) is 6.10 Å². The van der Waals surface area contributed by atoms with Gasteiger partial charge in [0.1, 0.15) is 0 Å². The first-order valence-corrected chi connectivity index (χ1v) is 6.11. The van der Waals surface area contributed by atoms with E-state index in [1.165, 1.54) is 0 Å². The number of hydrogen-bond acceptors (Lipinski definition) is 4. The number of aliphatic hydroxyl groups is 1. The summed E-state index contributed by atoms with van der Waals surface area (Å²) in [5.74, 6) is 0. The lowest BCUT2D eigenvalue weighted by molar-refractivity contribution is -0.306. The second-order valence-electron chi connectivity index (χ2n) is 5.93. The highest BCUT2D eigenvalue weighted by Crippen LogP contribution is 2.04. The quantitative estimate of drug-likeness (QED) is 0.288. The Bertz CT molecular complexity index is 168. The lowest BCUT2D eigenvalue weighted by atomic mass is 10.2. The van der Waals surface area contributed by atoms with Crippen LogP contribution in [0, 0.1) is 0 Å². The molecule has 20 heavy (non-hydrogen) atoms. The monoisotopic (exact) mass is 296 g/mol. The van der Waals surface area contributed by atoms with Crippen molar-refractivity contribution in [3.63, 3.8) is 0 Å². The minimum atomic E-state index is -0.500. The van der Waals surface area contributed by atoms with Crippen molar-refractivity contribution in [2.75, 3.05) is 6.61 Å². The zero-order chi connectivity index (χ0) is 15.4. The summed E-state index contributed by atoms with van der Waals surface area (Å²) in [6.45, 7) is 18.8. The molecule has 2 N–H and O–H groups in total. The molecular weight excluding hydrogens is 256 g/mol. The molecule has 1 aliphatic rings. The minimum Gasteiger partial charge on any atom is -0.391 e. The van der Waals surface area contributed by atoms with Crippen molar-refractivity contribution in [3.05, 3.63) is 12.7 Å². The van der Waals surface area contributed by atoms with Crippen LogP contribution < -0.4 is 0 Å². The van der Waals surface area contributed by atoms with Gasteiger partial charge in [0.15, 0.2) is 0 Å². The van der Waals surface area contributed by atoms with Gasteiger partial charge in [0.05, 0.1) is 23.9 Å². The van der Waals surface area contributed by atoms with Crippen LogP contribution in [0.4, 0.5) is 0 Å². The molecule has 128 valence electrons. The van der Waals surface area contributed by atoms with Crippen LogP contribution in [0.15, 0.2) is 12.7 Å². The Hall–Kier alpha value is -0.420. The maximum atomic E-state index is 8.52. The molecule has 1 rings (SSSR count). The van der Waals surface area contributed by atoms with Crippen LogP contribution in [0.5, 0.6) is 0 Å². The summed E-state index contributed by atoms with van der Waals surface area (Å²) in [5, 5.41) is 16.4. The number of hydrogen-bond donors (Lipinski definition) is 2. The van der Waals surface area contributed by atoms with Crippen molar-refractivity contribution in [1.29, 1.82) is 0 Å². The smallest absolute Gasteiger partial charge is 0.0949 e. The summed E-state index contributed by atoms with van der Waals surface area (Å²) < 4.78 is 4.71. The lowest BCUT2D eigenvalue weighted by Gasteiger charge is -2.10. The average molecular weight is 296 g/mol. The third kappa shape index (κ3) is 155. The molecule has 0 aromatic rings. The van der Waals surface area contributed by atoms with Gasteiger partial charge in [-0.05, 0) is 55.4 Å². The van der Waals surface area contributed by atoms with Gasteiger partial charge in [0.25, 0.3) is 0 Å². The summed E-state index contributed by atoms with van der Waals surface area (Å²) in [6.07, 6.45) is 2.33. The molecule has 0 spiro atoms. The highest BCUT2D eigenvalue weighted by molar-refractivity contribution is 4.58. The summed E-state index contributed by atoms with van der Waals surface area (Å²) in [5.41, 5.74) is -0.903. The molecule has 1 heterocycles. The van der Waals surface area contributed by atoms with E-state index >= 15 is 0 Å². The highest BCUT2D eigenvalue weighted by Gasteiger charge is 2.13. The fourth-order valence-electron chi connectivity index (χ4n) is 0.0962. The van der Waals surface area contributed by atoms with Crippen LogP contribution in [-0.4, -0.2) is 34.3 Å². The molecule has 0 radical (unpaired) electrons. The van der Waals surface area contributed by atoms with Gasteiger partial charge < -0.3 is 9.84 Å². The molecule has 4 heteroatoms. The first-order valence-electron chi connectivity index (χ1n) is 6.11. The van der Waals surface area contributed by atoms with Crippen LogP contribution in [0.1, 0.15) is 70.2 Å². The van der Waals surface area contributed by atoms with Crippen molar-refractivity contribution in [2.45, 2.75) is 87.5 Å². The van der Waals surface area contributed by atoms with Crippen molar-refractivity contribution in [2.24, 2.45) is 0 Å². The van der Waals surface area contributed by atoms with Crippen LogP contribution in [-0.2, 0) is 9.62 Å². The van der Waals surface area contributed by atoms with Crippen LogP contribution in [0.2, 0.25) is 0 Å². The fourth-order valence-corrected chi connectivity index (χ4v) is 0.0962. The van der Waals surface area contributed by atoms with Gasteiger partial charge in [-0.2, -0.15) is 0 Å². The van der Waals surface area contributed by atoms with E-state index in [0.717, 1.165) is 6.61 Å². The van der Waals surface area contributed by atoms with E-state index in [4.69, 9.17) is 15.1 Å². The second-order valence-corrected chi connectivity index (χ2v) is 5.93. The zero-order valence-electron chi connectivity index (χ0n) is 13.3. The summed E-state index contributed by atoms with van der Waals surface area (Å²) in [6, 6.07) is 0. The number of allylic oxidation sites excluding steroid dienone is 1. The fraction of sp³-hybridized carbons (Fsp3) is 0.875. The molecule has 1 atom stereocenters. The molecule has 4 nitrogen and oxygen atoms in total. The van der Waals surface area contributed by atoms with Crippen molar-refractivity contribution in [1.82, 2.24) is 0 Å². The Morgan fingerprint density at radius 1 is 1.15 bits per heavy atom. The van der Waals surface area contributed by atoms with Crippen molar-refractivity contribution >= 4 is 0 Å². The maximum absolute atomic E-state index is 8.52. The second kappa shape index (κ2) is 16.6. The molecule has 0 amide bonds. The molecular formula is C16H40O4. The standard InChI is InChI=1S/C4H10O2.C4H10O.C3H6O.C3H6.2CH4/c1-4(2,3)6-5;1-4(2,3)5;1-3-2-4-3;1-3-2;;/h5H,1-3H3;5H,1-3H3;3H,2H2,1H3;3H,1H2,2H3;2*1H4. The summed E-state index contributed by atoms with van der Waals surface area (Å²) >= 11 is 0. The van der Waals surface area contributed by atoms with E-state index < -0.39 is 11.2 Å². The molecule has 0 aliphatic carbocycles. The van der Waals surface area contributed by atoms with Gasteiger partial charge in [0, 0.05) is 0 Å². The van der Waals surface area contributed by atoms with Crippen molar-refractivity contribution < 1.29 is 20.0 Å². The molecule has 0 aromatic heterocycles. The van der Waals surface area contributed by atoms with Crippen molar-refractivity contribution in [3.8, 4) is 0 Å². The molecule has 0 bridgehead atoms. The highest BCUT2D eigenvalue weighted by atomic mass is 17.1. The average Bonchev–Trinajstić information content (AvgIpc) is 2.86. The third-order valence-electron chi connectivity index (χ3n) is 0.774. The molecule has 1 unspecified atom stereocenters. The molecule has 0 aromatic carbocycles. The number of ether oxygens (including phenoxy) is 1.